The van der Waals surface area contributed by atoms with Crippen molar-refractivity contribution in [2.45, 2.75) is 13.8 Å². The van der Waals surface area contributed by atoms with Crippen LogP contribution in [0.4, 0.5) is 0 Å². The molecule has 0 aliphatic heterocycles. The van der Waals surface area contributed by atoms with Crippen LogP contribution >= 0.6 is 27.7 Å². The predicted molar refractivity (Wildman–Crippen MR) is 83.4 cm³/mol. The number of hydrogen-bond acceptors (Lipinski definition) is 3. The molecule has 1 aromatic carbocycles. The number of nitrogens with two attached hydrogens (primary N) is 1. The molecule has 0 atom stereocenters. The average Bonchev–Trinajstić information content (AvgIpc) is 2.34. The van der Waals surface area contributed by atoms with Crippen molar-refractivity contribution in [1.82, 2.24) is 0 Å². The molecule has 0 unspecified atom stereocenters. The Balaban J connectivity index is 2.18. The molecule has 0 aliphatic carbocycles. The molecular formula is C13H19BrN2OS. The first-order valence-corrected chi connectivity index (χ1v) is 7.67. The summed E-state index contributed by atoms with van der Waals surface area (Å²) in [6, 6.07) is 7.79. The van der Waals surface area contributed by atoms with Gasteiger partial charge in [-0.3, -0.25) is 4.99 Å². The third-order valence-corrected chi connectivity index (χ3v) is 3.35. The number of nitrogens with zero attached hydrogens (tertiary/aromatic N) is 1. The summed E-state index contributed by atoms with van der Waals surface area (Å²) >= 11 is 4.92. The van der Waals surface area contributed by atoms with Crippen LogP contribution in [0, 0.1) is 5.92 Å². The van der Waals surface area contributed by atoms with Crippen molar-refractivity contribution in [2.24, 2.45) is 16.6 Å². The molecule has 0 heterocycles. The highest BCUT2D eigenvalue weighted by Crippen LogP contribution is 2.16. The number of thioether (sulfide) groups is 1. The molecule has 2 N–H and O–H groups in total. The highest BCUT2D eigenvalue weighted by molar-refractivity contribution is 9.10. The first-order chi connectivity index (χ1) is 8.58. The largest absolute Gasteiger partial charge is 0.493 e. The number of benzene rings is 1. The van der Waals surface area contributed by atoms with Crippen molar-refractivity contribution >= 4 is 32.9 Å². The number of ether oxygens (including phenoxy) is 1. The fourth-order valence-electron chi connectivity index (χ4n) is 1.15. The number of aliphatic imine (C=N–C) groups is 1. The number of hydrogen-bond donors (Lipinski definition) is 1. The quantitative estimate of drug-likeness (QED) is 0.493. The second-order valence-electron chi connectivity index (χ2n) is 4.22. The zero-order valence-electron chi connectivity index (χ0n) is 10.7. The van der Waals surface area contributed by atoms with Crippen molar-refractivity contribution < 1.29 is 4.74 Å². The van der Waals surface area contributed by atoms with Crippen LogP contribution in [0.25, 0.3) is 0 Å². The Morgan fingerprint density at radius 2 is 2.06 bits per heavy atom. The van der Waals surface area contributed by atoms with Crippen LogP contribution in [0.3, 0.4) is 0 Å². The monoisotopic (exact) mass is 330 g/mol. The first-order valence-electron chi connectivity index (χ1n) is 5.89. The van der Waals surface area contributed by atoms with Gasteiger partial charge >= 0.3 is 0 Å². The zero-order valence-corrected chi connectivity index (χ0v) is 13.1. The van der Waals surface area contributed by atoms with Gasteiger partial charge in [0.2, 0.25) is 0 Å². The second-order valence-corrected chi connectivity index (χ2v) is 6.25. The van der Waals surface area contributed by atoms with Crippen molar-refractivity contribution in [3.8, 4) is 5.75 Å². The molecule has 0 bridgehead atoms. The predicted octanol–water partition coefficient (Wildman–Crippen LogP) is 3.53. The molecule has 0 aliphatic rings. The molecule has 18 heavy (non-hydrogen) atoms. The molecule has 0 radical (unpaired) electrons. The van der Waals surface area contributed by atoms with Gasteiger partial charge in [-0.15, -0.1) is 0 Å². The van der Waals surface area contributed by atoms with Gasteiger partial charge in [0.25, 0.3) is 0 Å². The van der Waals surface area contributed by atoms with E-state index in [1.807, 2.05) is 24.3 Å². The Hall–Kier alpha value is -0.680. The van der Waals surface area contributed by atoms with Gasteiger partial charge in [0.15, 0.2) is 5.17 Å². The van der Waals surface area contributed by atoms with E-state index in [-0.39, 0.29) is 0 Å². The molecule has 0 aromatic heterocycles. The normalized spacial score (nSPS) is 11.9. The van der Waals surface area contributed by atoms with E-state index in [0.717, 1.165) is 22.5 Å². The lowest BCUT2D eigenvalue weighted by molar-refractivity contribution is 0.344. The molecule has 0 fully saturated rings. The topological polar surface area (TPSA) is 47.6 Å². The summed E-state index contributed by atoms with van der Waals surface area (Å²) in [5, 5.41) is 0.642. The number of halogens is 1. The molecule has 100 valence electrons. The van der Waals surface area contributed by atoms with Crippen molar-refractivity contribution in [3.63, 3.8) is 0 Å². The fraction of sp³-hybridized carbons (Fsp3) is 0.462. The SMILES string of the molecule is CC(C)CN=C(N)SCCOc1ccc(Br)cc1. The lowest BCUT2D eigenvalue weighted by Gasteiger charge is -2.06. The maximum Gasteiger partial charge on any atom is 0.154 e. The fourth-order valence-corrected chi connectivity index (χ4v) is 1.96. The minimum atomic E-state index is 0.545. The van der Waals surface area contributed by atoms with Crippen LogP contribution in [-0.2, 0) is 0 Å². The molecule has 0 saturated carbocycles. The van der Waals surface area contributed by atoms with Gasteiger partial charge in [-0.1, -0.05) is 41.5 Å². The van der Waals surface area contributed by atoms with E-state index in [1.165, 1.54) is 11.8 Å². The maximum absolute atomic E-state index is 5.77. The number of amidine groups is 1. The molecule has 5 heteroatoms. The number of rotatable bonds is 6. The third-order valence-electron chi connectivity index (χ3n) is 2.03. The average molecular weight is 331 g/mol. The van der Waals surface area contributed by atoms with Crippen LogP contribution in [0.5, 0.6) is 5.75 Å². The Labute approximate surface area is 121 Å². The zero-order chi connectivity index (χ0) is 13.4. The maximum atomic E-state index is 5.77. The Bertz CT molecular complexity index is 379. The Kier molecular flexibility index (Phi) is 7.20. The molecule has 1 aromatic rings. The summed E-state index contributed by atoms with van der Waals surface area (Å²) in [6.45, 7) is 5.66. The smallest absolute Gasteiger partial charge is 0.154 e. The van der Waals surface area contributed by atoms with Gasteiger partial charge < -0.3 is 10.5 Å². The van der Waals surface area contributed by atoms with E-state index in [2.05, 4.69) is 34.8 Å². The molecule has 3 nitrogen and oxygen atoms in total. The van der Waals surface area contributed by atoms with Crippen LogP contribution < -0.4 is 10.5 Å². The summed E-state index contributed by atoms with van der Waals surface area (Å²) in [7, 11) is 0. The van der Waals surface area contributed by atoms with E-state index in [9.17, 15) is 0 Å². The first kappa shape index (κ1) is 15.4. The third kappa shape index (κ3) is 6.91. The Morgan fingerprint density at radius 3 is 2.67 bits per heavy atom. The van der Waals surface area contributed by atoms with Crippen LogP contribution in [0.2, 0.25) is 0 Å². The van der Waals surface area contributed by atoms with Crippen molar-refractivity contribution in [3.05, 3.63) is 28.7 Å². The minimum Gasteiger partial charge on any atom is -0.493 e. The van der Waals surface area contributed by atoms with Crippen LogP contribution in [0.15, 0.2) is 33.7 Å². The molecule has 1 rings (SSSR count). The summed E-state index contributed by atoms with van der Waals surface area (Å²) in [5.41, 5.74) is 5.77. The summed E-state index contributed by atoms with van der Waals surface area (Å²) in [4.78, 5) is 4.28. The van der Waals surface area contributed by atoms with Crippen molar-refractivity contribution in [1.29, 1.82) is 0 Å². The van der Waals surface area contributed by atoms with Gasteiger partial charge in [-0.2, -0.15) is 0 Å². The highest BCUT2D eigenvalue weighted by atomic mass is 79.9. The van der Waals surface area contributed by atoms with Gasteiger partial charge in [0, 0.05) is 16.8 Å². The van der Waals surface area contributed by atoms with Crippen LogP contribution in [0.1, 0.15) is 13.8 Å². The van der Waals surface area contributed by atoms with Gasteiger partial charge in [0.1, 0.15) is 5.75 Å². The van der Waals surface area contributed by atoms with Gasteiger partial charge in [0.05, 0.1) is 6.61 Å². The van der Waals surface area contributed by atoms with E-state index in [0.29, 0.717) is 17.7 Å². The second kappa shape index (κ2) is 8.43. The molecule has 0 amide bonds. The lowest BCUT2D eigenvalue weighted by Crippen LogP contribution is -2.12. The van der Waals surface area contributed by atoms with E-state index in [1.54, 1.807) is 0 Å². The summed E-state index contributed by atoms with van der Waals surface area (Å²) in [5.74, 6) is 2.23. The van der Waals surface area contributed by atoms with Gasteiger partial charge in [-0.25, -0.2) is 0 Å². The van der Waals surface area contributed by atoms with E-state index >= 15 is 0 Å². The van der Waals surface area contributed by atoms with E-state index < -0.39 is 0 Å². The summed E-state index contributed by atoms with van der Waals surface area (Å²) in [6.07, 6.45) is 0. The van der Waals surface area contributed by atoms with Crippen LogP contribution in [-0.4, -0.2) is 24.1 Å². The Morgan fingerprint density at radius 1 is 1.39 bits per heavy atom. The van der Waals surface area contributed by atoms with E-state index in [4.69, 9.17) is 10.5 Å². The minimum absolute atomic E-state index is 0.545. The lowest BCUT2D eigenvalue weighted by atomic mass is 10.2. The van der Waals surface area contributed by atoms with Gasteiger partial charge in [-0.05, 0) is 30.2 Å². The highest BCUT2D eigenvalue weighted by Gasteiger charge is 1.97. The molecule has 0 spiro atoms. The molecular weight excluding hydrogens is 312 g/mol. The standard InChI is InChI=1S/C13H19BrN2OS/c1-10(2)9-16-13(15)18-8-7-17-12-5-3-11(14)4-6-12/h3-6,10H,7-9H2,1-2H3,(H2,15,16). The molecule has 0 saturated heterocycles. The van der Waals surface area contributed by atoms with Crippen molar-refractivity contribution in [2.75, 3.05) is 18.9 Å². The summed E-state index contributed by atoms with van der Waals surface area (Å²) < 4.78 is 6.64.